The highest BCUT2D eigenvalue weighted by atomic mass is 35.5. The van der Waals surface area contributed by atoms with E-state index in [4.69, 9.17) is 0 Å². The van der Waals surface area contributed by atoms with Gasteiger partial charge in [0.2, 0.25) is 26.0 Å². The zero-order valence-corrected chi connectivity index (χ0v) is 22.5. The average Bonchev–Trinajstić information content (AvgIpc) is 2.90. The van der Waals surface area contributed by atoms with Crippen molar-refractivity contribution in [2.45, 2.75) is 22.6 Å². The molecule has 36 heavy (non-hydrogen) atoms. The van der Waals surface area contributed by atoms with Crippen LogP contribution in [0.2, 0.25) is 0 Å². The van der Waals surface area contributed by atoms with E-state index in [0.29, 0.717) is 70.1 Å². The first-order valence-corrected chi connectivity index (χ1v) is 14.8. The Morgan fingerprint density at radius 3 is 1.50 bits per heavy atom. The fraction of sp³-hybridized carbons (Fsp3) is 0.458. The molecule has 4 rings (SSSR count). The lowest BCUT2D eigenvalue weighted by molar-refractivity contribution is -0.132. The summed E-state index contributed by atoms with van der Waals surface area (Å²) in [6.07, 6.45) is 1.08. The summed E-state index contributed by atoms with van der Waals surface area (Å²) in [5, 5.41) is 0. The van der Waals surface area contributed by atoms with Gasteiger partial charge in [-0.05, 0) is 37.2 Å². The van der Waals surface area contributed by atoms with Crippen molar-refractivity contribution in [1.29, 1.82) is 0 Å². The van der Waals surface area contributed by atoms with Gasteiger partial charge in [-0.1, -0.05) is 36.4 Å². The van der Waals surface area contributed by atoms with E-state index < -0.39 is 20.0 Å². The highest BCUT2D eigenvalue weighted by Gasteiger charge is 2.30. The van der Waals surface area contributed by atoms with Gasteiger partial charge < -0.3 is 22.2 Å². The fourth-order valence-corrected chi connectivity index (χ4v) is 7.35. The summed E-state index contributed by atoms with van der Waals surface area (Å²) in [6, 6.07) is 16.8. The van der Waals surface area contributed by atoms with E-state index in [9.17, 15) is 21.6 Å². The normalized spacial score (nSPS) is 18.5. The molecule has 2 fully saturated rings. The maximum atomic E-state index is 12.8. The number of rotatable bonds is 8. The van der Waals surface area contributed by atoms with Crippen LogP contribution in [0.3, 0.4) is 0 Å². The van der Waals surface area contributed by atoms with Gasteiger partial charge in [0, 0.05) is 58.8 Å². The third-order valence-corrected chi connectivity index (χ3v) is 10.4. The molecule has 0 N–H and O–H groups in total. The number of halogens is 1. The molecule has 0 spiro atoms. The lowest BCUT2D eigenvalue weighted by Gasteiger charge is -2.35. The van der Waals surface area contributed by atoms with Crippen molar-refractivity contribution in [3.63, 3.8) is 0 Å². The molecule has 0 aliphatic carbocycles. The monoisotopic (exact) mass is 555 g/mol. The Bertz CT molecular complexity index is 1200. The van der Waals surface area contributed by atoms with Gasteiger partial charge in [-0.25, -0.2) is 16.8 Å². The van der Waals surface area contributed by atoms with Crippen molar-refractivity contribution in [2.75, 3.05) is 58.9 Å². The summed E-state index contributed by atoms with van der Waals surface area (Å²) >= 11 is 0. The molecule has 2 aliphatic rings. The molecule has 0 saturated carbocycles. The van der Waals surface area contributed by atoms with Crippen LogP contribution in [0.25, 0.3) is 0 Å². The number of amides is 1. The van der Waals surface area contributed by atoms with Crippen LogP contribution >= 0.6 is 0 Å². The van der Waals surface area contributed by atoms with Crippen LogP contribution in [0, 0.1) is 0 Å². The first-order chi connectivity index (χ1) is 16.8. The lowest BCUT2D eigenvalue weighted by Crippen LogP contribution is -3.00. The molecule has 0 aromatic heterocycles. The zero-order valence-electron chi connectivity index (χ0n) is 20.1. The van der Waals surface area contributed by atoms with Crippen LogP contribution in [-0.4, -0.2) is 100 Å². The van der Waals surface area contributed by atoms with Gasteiger partial charge in [0.1, 0.15) is 0 Å². The largest absolute Gasteiger partial charge is 1.00 e. The minimum Gasteiger partial charge on any atom is -1.00 e. The number of carbonyl (C=O) groups is 1. The van der Waals surface area contributed by atoms with Gasteiger partial charge in [0.15, 0.2) is 0 Å². The number of sulfonamides is 2. The highest BCUT2D eigenvalue weighted by molar-refractivity contribution is 7.89. The number of nitrogens with zero attached hydrogens (tertiary/aromatic N) is 4. The van der Waals surface area contributed by atoms with Crippen molar-refractivity contribution < 1.29 is 34.0 Å². The van der Waals surface area contributed by atoms with E-state index >= 15 is 0 Å². The Kier molecular flexibility index (Phi) is 9.90. The first kappa shape index (κ1) is 28.5. The van der Waals surface area contributed by atoms with Crippen molar-refractivity contribution in [3.05, 3.63) is 60.7 Å². The molecule has 9 nitrogen and oxygen atoms in total. The zero-order chi connectivity index (χ0) is 24.9. The van der Waals surface area contributed by atoms with Gasteiger partial charge >= 0.3 is 0 Å². The molecule has 0 unspecified atom stereocenters. The molecule has 2 heterocycles. The molecular formula is C24H32ClN4O5S2-. The molecule has 0 bridgehead atoms. The molecule has 0 radical (unpaired) electrons. The predicted molar refractivity (Wildman–Crippen MR) is 133 cm³/mol. The van der Waals surface area contributed by atoms with Crippen LogP contribution < -0.4 is 12.4 Å². The second-order valence-electron chi connectivity index (χ2n) is 8.76. The molecule has 2 aromatic carbocycles. The molecular weight excluding hydrogens is 524 g/mol. The Labute approximate surface area is 220 Å². The van der Waals surface area contributed by atoms with Gasteiger partial charge in [0.05, 0.1) is 9.79 Å². The van der Waals surface area contributed by atoms with Crippen molar-refractivity contribution in [3.8, 4) is 0 Å². The molecule has 2 saturated heterocycles. The third kappa shape index (κ3) is 6.64. The van der Waals surface area contributed by atoms with Crippen LogP contribution in [0.4, 0.5) is 0 Å². The summed E-state index contributed by atoms with van der Waals surface area (Å²) in [5.41, 5.74) is 0. The van der Waals surface area contributed by atoms with Gasteiger partial charge in [-0.2, -0.15) is 8.61 Å². The second kappa shape index (κ2) is 12.5. The average molecular weight is 556 g/mol. The SMILES string of the molecule is O=C(CCCN1CCN(S(=O)(=O)c2ccccc2)CC1)N1CCN(S(=O)(=O)c2ccccc2)CC1.[Cl-]. The second-order valence-corrected chi connectivity index (χ2v) is 12.6. The van der Waals surface area contributed by atoms with E-state index in [-0.39, 0.29) is 23.2 Å². The van der Waals surface area contributed by atoms with Gasteiger partial charge in [-0.15, -0.1) is 0 Å². The van der Waals surface area contributed by atoms with E-state index in [1.165, 1.54) is 8.61 Å². The number of hydrogen-bond donors (Lipinski definition) is 0. The Morgan fingerprint density at radius 2 is 1.06 bits per heavy atom. The summed E-state index contributed by atoms with van der Waals surface area (Å²) in [6.45, 7) is 4.23. The van der Waals surface area contributed by atoms with E-state index in [2.05, 4.69) is 4.90 Å². The summed E-state index contributed by atoms with van der Waals surface area (Å²) < 4.78 is 54.0. The summed E-state index contributed by atoms with van der Waals surface area (Å²) in [7, 11) is -7.00. The van der Waals surface area contributed by atoms with E-state index in [0.717, 1.165) is 6.54 Å². The third-order valence-electron chi connectivity index (χ3n) is 6.55. The van der Waals surface area contributed by atoms with Crippen LogP contribution in [0.1, 0.15) is 12.8 Å². The predicted octanol–water partition coefficient (Wildman–Crippen LogP) is -1.69. The number of carbonyl (C=O) groups excluding carboxylic acids is 1. The molecule has 2 aromatic rings. The maximum absolute atomic E-state index is 12.8. The van der Waals surface area contributed by atoms with Gasteiger partial charge in [0.25, 0.3) is 0 Å². The minimum atomic E-state index is -3.53. The Hall–Kier alpha value is -2.02. The van der Waals surface area contributed by atoms with E-state index in [1.807, 2.05) is 0 Å². The topological polar surface area (TPSA) is 98.3 Å². The smallest absolute Gasteiger partial charge is 0.243 e. The maximum Gasteiger partial charge on any atom is 0.243 e. The van der Waals surface area contributed by atoms with Crippen LogP contribution in [0.5, 0.6) is 0 Å². The Balaban J connectivity index is 0.00000361. The van der Waals surface area contributed by atoms with E-state index in [1.54, 1.807) is 65.6 Å². The fourth-order valence-electron chi connectivity index (χ4n) is 4.47. The van der Waals surface area contributed by atoms with Crippen LogP contribution in [-0.2, 0) is 24.8 Å². The summed E-state index contributed by atoms with van der Waals surface area (Å²) in [4.78, 5) is 17.2. The minimum absolute atomic E-state index is 0. The number of hydrogen-bond acceptors (Lipinski definition) is 6. The number of benzene rings is 2. The molecule has 12 heteroatoms. The number of piperazine rings is 2. The lowest BCUT2D eigenvalue weighted by atomic mass is 10.2. The molecule has 2 aliphatic heterocycles. The van der Waals surface area contributed by atoms with Crippen molar-refractivity contribution in [1.82, 2.24) is 18.4 Å². The van der Waals surface area contributed by atoms with Gasteiger partial charge in [-0.3, -0.25) is 4.79 Å². The molecule has 198 valence electrons. The van der Waals surface area contributed by atoms with Crippen molar-refractivity contribution in [2.24, 2.45) is 0 Å². The molecule has 0 atom stereocenters. The summed E-state index contributed by atoms with van der Waals surface area (Å²) in [5.74, 6) is 0.0343. The quantitative estimate of drug-likeness (QED) is 0.385. The Morgan fingerprint density at radius 1 is 0.639 bits per heavy atom. The highest BCUT2D eigenvalue weighted by Crippen LogP contribution is 2.19. The first-order valence-electron chi connectivity index (χ1n) is 11.9. The van der Waals surface area contributed by atoms with Crippen LogP contribution in [0.15, 0.2) is 70.5 Å². The standard InChI is InChI=1S/C24H32N4O5S2.ClH/c29-24(26-16-20-28(21-17-26)35(32,33)23-10-5-2-6-11-23)12-7-13-25-14-18-27(19-15-25)34(30,31)22-8-3-1-4-9-22;/h1-6,8-11H,7,12-21H2;1H/p-1. The van der Waals surface area contributed by atoms with Crippen molar-refractivity contribution >= 4 is 26.0 Å². The molecule has 1 amide bonds.